The summed E-state index contributed by atoms with van der Waals surface area (Å²) in [5, 5.41) is 9.00. The molecule has 0 saturated carbocycles. The first-order valence-corrected chi connectivity index (χ1v) is 6.59. The van der Waals surface area contributed by atoms with Crippen molar-refractivity contribution in [2.24, 2.45) is 0 Å². The molecule has 1 N–H and O–H groups in total. The van der Waals surface area contributed by atoms with Gasteiger partial charge in [-0.3, -0.25) is 0 Å². The SMILES string of the molecule is CCCCCCCCC=C(C(=O)O)C(C)OC. The molecule has 3 heteroatoms. The maximum absolute atomic E-state index is 11.0. The Kier molecular flexibility index (Phi) is 9.83. The van der Waals surface area contributed by atoms with Gasteiger partial charge in [-0.1, -0.05) is 45.1 Å². The minimum Gasteiger partial charge on any atom is -0.478 e. The highest BCUT2D eigenvalue weighted by Crippen LogP contribution is 2.11. The molecule has 0 aliphatic heterocycles. The molecule has 0 heterocycles. The summed E-state index contributed by atoms with van der Waals surface area (Å²) >= 11 is 0. The number of carboxylic acid groups (broad SMARTS) is 1. The minimum absolute atomic E-state index is 0.326. The Bertz CT molecular complexity index is 234. The maximum atomic E-state index is 11.0. The van der Waals surface area contributed by atoms with E-state index in [1.807, 2.05) is 0 Å². The smallest absolute Gasteiger partial charge is 0.333 e. The lowest BCUT2D eigenvalue weighted by molar-refractivity contribution is -0.133. The Hall–Kier alpha value is -0.830. The van der Waals surface area contributed by atoms with Crippen LogP contribution < -0.4 is 0 Å². The highest BCUT2D eigenvalue weighted by Gasteiger charge is 2.14. The predicted molar refractivity (Wildman–Crippen MR) is 70.2 cm³/mol. The largest absolute Gasteiger partial charge is 0.478 e. The number of hydrogen-bond acceptors (Lipinski definition) is 2. The first kappa shape index (κ1) is 16.2. The van der Waals surface area contributed by atoms with Crippen molar-refractivity contribution in [1.82, 2.24) is 0 Å². The summed E-state index contributed by atoms with van der Waals surface area (Å²) in [5.41, 5.74) is 0.376. The Morgan fingerprint density at radius 3 is 2.35 bits per heavy atom. The number of rotatable bonds is 10. The zero-order valence-corrected chi connectivity index (χ0v) is 11.4. The van der Waals surface area contributed by atoms with E-state index in [2.05, 4.69) is 6.92 Å². The lowest BCUT2D eigenvalue weighted by Gasteiger charge is -2.10. The van der Waals surface area contributed by atoms with Crippen LogP contribution in [0, 0.1) is 0 Å². The van der Waals surface area contributed by atoms with E-state index < -0.39 is 5.97 Å². The number of hydrogen-bond donors (Lipinski definition) is 1. The van der Waals surface area contributed by atoms with E-state index >= 15 is 0 Å². The molecule has 0 fully saturated rings. The number of carboxylic acids is 1. The Labute approximate surface area is 105 Å². The van der Waals surface area contributed by atoms with Gasteiger partial charge in [-0.05, 0) is 19.8 Å². The van der Waals surface area contributed by atoms with Crippen molar-refractivity contribution >= 4 is 5.97 Å². The van der Waals surface area contributed by atoms with Gasteiger partial charge in [-0.2, -0.15) is 0 Å². The van der Waals surface area contributed by atoms with E-state index in [0.717, 1.165) is 12.8 Å². The number of allylic oxidation sites excluding steroid dienone is 1. The van der Waals surface area contributed by atoms with Crippen LogP contribution in [0.25, 0.3) is 0 Å². The van der Waals surface area contributed by atoms with Crippen molar-refractivity contribution in [3.8, 4) is 0 Å². The third kappa shape index (κ3) is 7.97. The van der Waals surface area contributed by atoms with E-state index in [0.29, 0.717) is 5.57 Å². The summed E-state index contributed by atoms with van der Waals surface area (Å²) < 4.78 is 5.03. The van der Waals surface area contributed by atoms with E-state index in [4.69, 9.17) is 9.84 Å². The fourth-order valence-corrected chi connectivity index (χ4v) is 1.74. The third-order valence-electron chi connectivity index (χ3n) is 2.96. The molecule has 1 atom stereocenters. The summed E-state index contributed by atoms with van der Waals surface area (Å²) in [4.78, 5) is 11.0. The first-order valence-electron chi connectivity index (χ1n) is 6.59. The van der Waals surface area contributed by atoms with E-state index in [1.54, 1.807) is 13.0 Å². The summed E-state index contributed by atoms with van der Waals surface area (Å²) in [7, 11) is 1.53. The first-order chi connectivity index (χ1) is 8.13. The van der Waals surface area contributed by atoms with E-state index in [1.165, 1.54) is 39.2 Å². The monoisotopic (exact) mass is 242 g/mol. The zero-order valence-electron chi connectivity index (χ0n) is 11.4. The zero-order chi connectivity index (χ0) is 13.1. The maximum Gasteiger partial charge on any atom is 0.333 e. The molecule has 0 bridgehead atoms. The topological polar surface area (TPSA) is 46.5 Å². The van der Waals surface area contributed by atoms with Crippen LogP contribution in [0.1, 0.15) is 58.8 Å². The Balaban J connectivity index is 3.82. The molecule has 3 nitrogen and oxygen atoms in total. The molecule has 0 rings (SSSR count). The van der Waals surface area contributed by atoms with Gasteiger partial charge in [0.25, 0.3) is 0 Å². The molecule has 0 radical (unpaired) electrons. The number of methoxy groups -OCH3 is 1. The molecule has 0 aromatic heterocycles. The second-order valence-electron chi connectivity index (χ2n) is 4.40. The van der Waals surface area contributed by atoms with Crippen LogP contribution in [-0.2, 0) is 9.53 Å². The average Bonchev–Trinajstić information content (AvgIpc) is 2.31. The van der Waals surface area contributed by atoms with E-state index in [-0.39, 0.29) is 6.10 Å². The van der Waals surface area contributed by atoms with Gasteiger partial charge in [-0.15, -0.1) is 0 Å². The van der Waals surface area contributed by atoms with Crippen LogP contribution in [0.2, 0.25) is 0 Å². The summed E-state index contributed by atoms with van der Waals surface area (Å²) in [6.45, 7) is 3.97. The van der Waals surface area contributed by atoms with Crippen LogP contribution >= 0.6 is 0 Å². The average molecular weight is 242 g/mol. The molecule has 0 amide bonds. The Morgan fingerprint density at radius 1 is 1.24 bits per heavy atom. The molecule has 1 unspecified atom stereocenters. The molecule has 0 aliphatic rings. The van der Waals surface area contributed by atoms with Gasteiger partial charge in [0.15, 0.2) is 0 Å². The lowest BCUT2D eigenvalue weighted by atomic mass is 10.1. The molecule has 0 aromatic rings. The summed E-state index contributed by atoms with van der Waals surface area (Å²) in [6.07, 6.45) is 9.67. The lowest BCUT2D eigenvalue weighted by Crippen LogP contribution is -2.16. The normalized spacial score (nSPS) is 13.7. The summed E-state index contributed by atoms with van der Waals surface area (Å²) in [5.74, 6) is -0.870. The van der Waals surface area contributed by atoms with Gasteiger partial charge in [0.1, 0.15) is 0 Å². The highest BCUT2D eigenvalue weighted by molar-refractivity contribution is 5.87. The molecule has 0 aromatic carbocycles. The number of unbranched alkanes of at least 4 members (excludes halogenated alkanes) is 6. The Morgan fingerprint density at radius 2 is 1.82 bits per heavy atom. The van der Waals surface area contributed by atoms with Gasteiger partial charge in [0.2, 0.25) is 0 Å². The van der Waals surface area contributed by atoms with E-state index in [9.17, 15) is 4.79 Å². The third-order valence-corrected chi connectivity index (χ3v) is 2.96. The number of carbonyl (C=O) groups is 1. The molecule has 0 spiro atoms. The summed E-state index contributed by atoms with van der Waals surface area (Å²) in [6, 6.07) is 0. The number of aliphatic carboxylic acids is 1. The molecule has 100 valence electrons. The van der Waals surface area contributed by atoms with Crippen molar-refractivity contribution in [1.29, 1.82) is 0 Å². The minimum atomic E-state index is -0.870. The highest BCUT2D eigenvalue weighted by atomic mass is 16.5. The van der Waals surface area contributed by atoms with Crippen LogP contribution in [0.3, 0.4) is 0 Å². The fourth-order valence-electron chi connectivity index (χ4n) is 1.74. The van der Waals surface area contributed by atoms with Gasteiger partial charge >= 0.3 is 5.97 Å². The quantitative estimate of drug-likeness (QED) is 0.468. The van der Waals surface area contributed by atoms with Crippen molar-refractivity contribution in [3.05, 3.63) is 11.6 Å². The van der Waals surface area contributed by atoms with Crippen LogP contribution in [0.15, 0.2) is 11.6 Å². The van der Waals surface area contributed by atoms with Crippen molar-refractivity contribution in [2.75, 3.05) is 7.11 Å². The van der Waals surface area contributed by atoms with Gasteiger partial charge in [0, 0.05) is 7.11 Å². The fraction of sp³-hybridized carbons (Fsp3) is 0.786. The van der Waals surface area contributed by atoms with Crippen molar-refractivity contribution < 1.29 is 14.6 Å². The standard InChI is InChI=1S/C14H26O3/c1-4-5-6-7-8-9-10-11-13(14(15)16)12(2)17-3/h11-12H,4-10H2,1-3H3,(H,15,16). The van der Waals surface area contributed by atoms with Crippen LogP contribution in [-0.4, -0.2) is 24.3 Å². The molecule has 17 heavy (non-hydrogen) atoms. The molecule has 0 aliphatic carbocycles. The molecule has 0 saturated heterocycles. The predicted octanol–water partition coefficient (Wildman–Crippen LogP) is 3.78. The molecular weight excluding hydrogens is 216 g/mol. The van der Waals surface area contributed by atoms with Crippen molar-refractivity contribution in [3.63, 3.8) is 0 Å². The molecular formula is C14H26O3. The second kappa shape index (κ2) is 10.3. The van der Waals surface area contributed by atoms with Crippen molar-refractivity contribution in [2.45, 2.75) is 64.9 Å². The van der Waals surface area contributed by atoms with Crippen LogP contribution in [0.5, 0.6) is 0 Å². The van der Waals surface area contributed by atoms with Crippen LogP contribution in [0.4, 0.5) is 0 Å². The number of ether oxygens (including phenoxy) is 1. The second-order valence-corrected chi connectivity index (χ2v) is 4.40. The van der Waals surface area contributed by atoms with Gasteiger partial charge in [0.05, 0.1) is 11.7 Å². The van der Waals surface area contributed by atoms with Gasteiger partial charge in [-0.25, -0.2) is 4.79 Å². The van der Waals surface area contributed by atoms with Gasteiger partial charge < -0.3 is 9.84 Å².